The fourth-order valence-electron chi connectivity index (χ4n) is 3.28. The van der Waals surface area contributed by atoms with Gasteiger partial charge in [-0.2, -0.15) is 0 Å². The molecule has 2 aromatic carbocycles. The third-order valence-electron chi connectivity index (χ3n) is 4.93. The van der Waals surface area contributed by atoms with Gasteiger partial charge in [0.25, 0.3) is 0 Å². The molecule has 0 N–H and O–H groups in total. The minimum atomic E-state index is -1.05. The number of Topliss-reactive ketones (excluding diaryl/α,β-unsaturated/α-hetero) is 1. The molecule has 0 spiro atoms. The predicted molar refractivity (Wildman–Crippen MR) is 106 cm³/mol. The molecule has 0 bridgehead atoms. The number of esters is 1. The van der Waals surface area contributed by atoms with Crippen molar-refractivity contribution < 1.29 is 33.0 Å². The first-order valence-electron chi connectivity index (χ1n) is 9.36. The largest absolute Gasteiger partial charge is 0.497 e. The average molecular weight is 415 g/mol. The number of benzene rings is 2. The van der Waals surface area contributed by atoms with Gasteiger partial charge in [0.2, 0.25) is 11.7 Å². The third-order valence-corrected chi connectivity index (χ3v) is 4.93. The number of nitrogens with zero attached hydrogens (tertiary/aromatic N) is 1. The molecule has 3 rings (SSSR count). The molecule has 1 fully saturated rings. The third kappa shape index (κ3) is 4.42. The van der Waals surface area contributed by atoms with Crippen molar-refractivity contribution in [1.82, 2.24) is 0 Å². The smallest absolute Gasteiger partial charge is 0.312 e. The second kappa shape index (κ2) is 8.94. The number of carbonyl (C=O) groups is 3. The van der Waals surface area contributed by atoms with Crippen LogP contribution in [0.5, 0.6) is 11.5 Å². The van der Waals surface area contributed by atoms with Gasteiger partial charge in [-0.15, -0.1) is 0 Å². The Morgan fingerprint density at radius 3 is 2.43 bits per heavy atom. The van der Waals surface area contributed by atoms with Gasteiger partial charge in [-0.25, -0.2) is 4.39 Å². The zero-order chi connectivity index (χ0) is 21.8. The molecule has 1 heterocycles. The van der Waals surface area contributed by atoms with Crippen molar-refractivity contribution in [3.63, 3.8) is 0 Å². The van der Waals surface area contributed by atoms with Gasteiger partial charge >= 0.3 is 5.97 Å². The summed E-state index contributed by atoms with van der Waals surface area (Å²) in [6.07, 6.45) is -1.09. The predicted octanol–water partition coefficient (Wildman–Crippen LogP) is 3.01. The Morgan fingerprint density at radius 1 is 1.10 bits per heavy atom. The fraction of sp³-hybridized carbons (Fsp3) is 0.318. The van der Waals surface area contributed by atoms with Crippen molar-refractivity contribution in [3.05, 3.63) is 53.8 Å². The Hall–Kier alpha value is -3.42. The molecule has 158 valence electrons. The molecule has 0 aromatic heterocycles. The van der Waals surface area contributed by atoms with Crippen LogP contribution in [0.3, 0.4) is 0 Å². The lowest BCUT2D eigenvalue weighted by molar-refractivity contribution is -0.151. The number of anilines is 1. The van der Waals surface area contributed by atoms with E-state index in [1.165, 1.54) is 38.2 Å². The van der Waals surface area contributed by atoms with Gasteiger partial charge < -0.3 is 19.1 Å². The Kier molecular flexibility index (Phi) is 6.34. The lowest BCUT2D eigenvalue weighted by atomic mass is 10.1. The topological polar surface area (TPSA) is 82.1 Å². The molecule has 2 aromatic rings. The van der Waals surface area contributed by atoms with Crippen molar-refractivity contribution in [2.45, 2.75) is 19.4 Å². The first-order valence-corrected chi connectivity index (χ1v) is 9.36. The summed E-state index contributed by atoms with van der Waals surface area (Å²) in [7, 11) is 3.00. The number of hydrogen-bond acceptors (Lipinski definition) is 6. The Balaban J connectivity index is 1.68. The lowest BCUT2D eigenvalue weighted by Gasteiger charge is -2.20. The highest BCUT2D eigenvalue weighted by atomic mass is 19.1. The zero-order valence-electron chi connectivity index (χ0n) is 16.9. The highest BCUT2D eigenvalue weighted by Crippen LogP contribution is 2.36. The summed E-state index contributed by atoms with van der Waals surface area (Å²) >= 11 is 0. The van der Waals surface area contributed by atoms with E-state index in [9.17, 15) is 18.8 Å². The van der Waals surface area contributed by atoms with Crippen LogP contribution in [-0.2, 0) is 14.3 Å². The quantitative estimate of drug-likeness (QED) is 0.511. The number of amides is 1. The van der Waals surface area contributed by atoms with Gasteiger partial charge in [-0.3, -0.25) is 14.4 Å². The SMILES string of the molecule is COc1ccc(N2C[C@@H](C(=O)O[C@H](C)C(=O)c3ccc(F)cc3)CC2=O)c(OC)c1. The second-order valence-electron chi connectivity index (χ2n) is 6.89. The fourth-order valence-corrected chi connectivity index (χ4v) is 3.28. The van der Waals surface area contributed by atoms with E-state index in [2.05, 4.69) is 0 Å². The molecule has 30 heavy (non-hydrogen) atoms. The number of rotatable bonds is 7. The van der Waals surface area contributed by atoms with Crippen molar-refractivity contribution in [1.29, 1.82) is 0 Å². The van der Waals surface area contributed by atoms with Crippen LogP contribution in [0.2, 0.25) is 0 Å². The number of carbonyl (C=O) groups excluding carboxylic acids is 3. The highest BCUT2D eigenvalue weighted by Gasteiger charge is 2.38. The lowest BCUT2D eigenvalue weighted by Crippen LogP contribution is -2.30. The van der Waals surface area contributed by atoms with E-state index in [0.717, 1.165) is 12.1 Å². The Bertz CT molecular complexity index is 959. The van der Waals surface area contributed by atoms with Crippen LogP contribution in [-0.4, -0.2) is 44.5 Å². The normalized spacial score (nSPS) is 16.9. The molecule has 7 nitrogen and oxygen atoms in total. The van der Waals surface area contributed by atoms with E-state index in [1.54, 1.807) is 18.2 Å². The van der Waals surface area contributed by atoms with Gasteiger partial charge in [0.05, 0.1) is 25.8 Å². The van der Waals surface area contributed by atoms with Gasteiger partial charge in [0.1, 0.15) is 17.3 Å². The van der Waals surface area contributed by atoms with Crippen LogP contribution >= 0.6 is 0 Å². The van der Waals surface area contributed by atoms with E-state index < -0.39 is 29.6 Å². The molecule has 1 aliphatic heterocycles. The molecule has 2 atom stereocenters. The molecule has 8 heteroatoms. The van der Waals surface area contributed by atoms with Crippen LogP contribution in [0.4, 0.5) is 10.1 Å². The minimum absolute atomic E-state index is 0.0362. The number of halogens is 1. The number of hydrogen-bond donors (Lipinski definition) is 0. The molecule has 0 radical (unpaired) electrons. The number of methoxy groups -OCH3 is 2. The van der Waals surface area contributed by atoms with Gasteiger partial charge in [-0.1, -0.05) is 0 Å². The monoisotopic (exact) mass is 415 g/mol. The summed E-state index contributed by atoms with van der Waals surface area (Å²) in [4.78, 5) is 38.9. The average Bonchev–Trinajstić information content (AvgIpc) is 3.14. The van der Waals surface area contributed by atoms with E-state index in [-0.39, 0.29) is 24.4 Å². The van der Waals surface area contributed by atoms with Crippen LogP contribution in [0.15, 0.2) is 42.5 Å². The number of ketones is 1. The molecule has 1 aliphatic rings. The standard InChI is InChI=1S/C22H22FNO6/c1-13(21(26)14-4-6-16(23)7-5-14)30-22(27)15-10-20(25)24(12-15)18-9-8-17(28-2)11-19(18)29-3/h4-9,11,13,15H,10,12H2,1-3H3/t13-,15+/m1/s1. The van der Waals surface area contributed by atoms with Gasteiger partial charge in [-0.05, 0) is 43.3 Å². The summed E-state index contributed by atoms with van der Waals surface area (Å²) < 4.78 is 28.8. The minimum Gasteiger partial charge on any atom is -0.497 e. The Morgan fingerprint density at radius 2 is 1.80 bits per heavy atom. The van der Waals surface area contributed by atoms with E-state index in [0.29, 0.717) is 17.2 Å². The van der Waals surface area contributed by atoms with Crippen LogP contribution < -0.4 is 14.4 Å². The summed E-state index contributed by atoms with van der Waals surface area (Å²) in [5.41, 5.74) is 0.762. The molecular weight excluding hydrogens is 393 g/mol. The van der Waals surface area contributed by atoms with E-state index in [1.807, 2.05) is 0 Å². The molecule has 0 unspecified atom stereocenters. The maximum absolute atomic E-state index is 13.0. The van der Waals surface area contributed by atoms with Crippen molar-refractivity contribution >= 4 is 23.3 Å². The van der Waals surface area contributed by atoms with Gasteiger partial charge in [0.15, 0.2) is 6.10 Å². The van der Waals surface area contributed by atoms with Crippen LogP contribution in [0.1, 0.15) is 23.7 Å². The van der Waals surface area contributed by atoms with Crippen molar-refractivity contribution in [3.8, 4) is 11.5 Å². The van der Waals surface area contributed by atoms with Crippen molar-refractivity contribution in [2.75, 3.05) is 25.7 Å². The maximum Gasteiger partial charge on any atom is 0.312 e. The molecule has 1 amide bonds. The molecule has 0 aliphatic carbocycles. The first-order chi connectivity index (χ1) is 14.3. The van der Waals surface area contributed by atoms with Crippen molar-refractivity contribution in [2.24, 2.45) is 5.92 Å². The maximum atomic E-state index is 13.0. The van der Waals surface area contributed by atoms with Crippen LogP contribution in [0.25, 0.3) is 0 Å². The summed E-state index contributed by atoms with van der Waals surface area (Å²) in [6.45, 7) is 1.56. The molecule has 0 saturated carbocycles. The van der Waals surface area contributed by atoms with E-state index in [4.69, 9.17) is 14.2 Å². The highest BCUT2D eigenvalue weighted by molar-refractivity contribution is 6.02. The Labute approximate surface area is 173 Å². The molecular formula is C22H22FNO6. The summed E-state index contributed by atoms with van der Waals surface area (Å²) in [5.74, 6) is -1.49. The van der Waals surface area contributed by atoms with E-state index >= 15 is 0 Å². The number of ether oxygens (including phenoxy) is 3. The molecule has 1 saturated heterocycles. The summed E-state index contributed by atoms with van der Waals surface area (Å²) in [6, 6.07) is 10.0. The summed E-state index contributed by atoms with van der Waals surface area (Å²) in [5, 5.41) is 0. The zero-order valence-corrected chi connectivity index (χ0v) is 16.9. The van der Waals surface area contributed by atoms with Crippen LogP contribution in [0, 0.1) is 11.7 Å². The first kappa shape index (κ1) is 21.3. The second-order valence-corrected chi connectivity index (χ2v) is 6.89. The van der Waals surface area contributed by atoms with Gasteiger partial charge in [0, 0.05) is 24.6 Å².